The van der Waals surface area contributed by atoms with Gasteiger partial charge >= 0.3 is 0 Å². The van der Waals surface area contributed by atoms with Crippen LogP contribution in [0.1, 0.15) is 45.2 Å². The fourth-order valence-corrected chi connectivity index (χ4v) is 3.15. The lowest BCUT2D eigenvalue weighted by Gasteiger charge is -2.43. The number of ether oxygens (including phenoxy) is 1. The van der Waals surface area contributed by atoms with Crippen molar-refractivity contribution in [3.63, 3.8) is 0 Å². The SMILES string of the molecule is COc1ccc(C(N)C(C)N2CCCC(C)(C)C2)cc1. The summed E-state index contributed by atoms with van der Waals surface area (Å²) in [7, 11) is 1.69. The molecule has 0 bridgehead atoms. The van der Waals surface area contributed by atoms with E-state index in [4.69, 9.17) is 10.5 Å². The summed E-state index contributed by atoms with van der Waals surface area (Å²) < 4.78 is 5.20. The van der Waals surface area contributed by atoms with Gasteiger partial charge in [0, 0.05) is 18.6 Å². The Hall–Kier alpha value is -1.06. The van der Waals surface area contributed by atoms with Gasteiger partial charge in [-0.1, -0.05) is 26.0 Å². The molecule has 2 N–H and O–H groups in total. The van der Waals surface area contributed by atoms with Gasteiger partial charge in [-0.3, -0.25) is 4.90 Å². The predicted octanol–water partition coefficient (Wildman–Crippen LogP) is 3.21. The number of hydrogen-bond donors (Lipinski definition) is 1. The molecule has 3 heteroatoms. The molecular weight excluding hydrogens is 248 g/mol. The predicted molar refractivity (Wildman–Crippen MR) is 84.0 cm³/mol. The number of nitrogens with two attached hydrogens (primary N) is 1. The molecule has 1 aromatic rings. The summed E-state index contributed by atoms with van der Waals surface area (Å²) in [6, 6.07) is 8.55. The second kappa shape index (κ2) is 6.15. The van der Waals surface area contributed by atoms with E-state index in [1.165, 1.54) is 18.4 Å². The van der Waals surface area contributed by atoms with E-state index in [2.05, 4.69) is 37.8 Å². The van der Waals surface area contributed by atoms with Crippen molar-refractivity contribution in [1.29, 1.82) is 0 Å². The highest BCUT2D eigenvalue weighted by atomic mass is 16.5. The van der Waals surface area contributed by atoms with Gasteiger partial charge in [-0.15, -0.1) is 0 Å². The first-order chi connectivity index (χ1) is 9.43. The molecule has 112 valence electrons. The summed E-state index contributed by atoms with van der Waals surface area (Å²) in [5.74, 6) is 0.882. The summed E-state index contributed by atoms with van der Waals surface area (Å²) in [6.07, 6.45) is 2.58. The Balaban J connectivity index is 2.05. The average Bonchev–Trinajstić information content (AvgIpc) is 2.45. The summed E-state index contributed by atoms with van der Waals surface area (Å²) in [5, 5.41) is 0. The molecular formula is C17H28N2O. The largest absolute Gasteiger partial charge is 0.497 e. The Labute approximate surface area is 123 Å². The molecule has 20 heavy (non-hydrogen) atoms. The quantitative estimate of drug-likeness (QED) is 0.917. The van der Waals surface area contributed by atoms with Gasteiger partial charge in [0.05, 0.1) is 7.11 Å². The molecule has 1 saturated heterocycles. The number of likely N-dealkylation sites (tertiary alicyclic amines) is 1. The van der Waals surface area contributed by atoms with Gasteiger partial charge in [-0.25, -0.2) is 0 Å². The zero-order valence-electron chi connectivity index (χ0n) is 13.2. The average molecular weight is 276 g/mol. The molecule has 0 aliphatic carbocycles. The Kier molecular flexibility index (Phi) is 4.71. The summed E-state index contributed by atoms with van der Waals surface area (Å²) in [4.78, 5) is 2.54. The zero-order chi connectivity index (χ0) is 14.8. The fraction of sp³-hybridized carbons (Fsp3) is 0.647. The summed E-state index contributed by atoms with van der Waals surface area (Å²) in [5.41, 5.74) is 8.06. The lowest BCUT2D eigenvalue weighted by atomic mass is 9.83. The van der Waals surface area contributed by atoms with E-state index in [1.807, 2.05) is 12.1 Å². The van der Waals surface area contributed by atoms with Crippen LogP contribution in [0.5, 0.6) is 5.75 Å². The van der Waals surface area contributed by atoms with Crippen LogP contribution in [0.25, 0.3) is 0 Å². The minimum absolute atomic E-state index is 0.0507. The van der Waals surface area contributed by atoms with Crippen molar-refractivity contribution >= 4 is 0 Å². The zero-order valence-corrected chi connectivity index (χ0v) is 13.2. The van der Waals surface area contributed by atoms with Crippen LogP contribution >= 0.6 is 0 Å². The van der Waals surface area contributed by atoms with Crippen LogP contribution in [-0.2, 0) is 0 Å². The highest BCUT2D eigenvalue weighted by Gasteiger charge is 2.31. The van der Waals surface area contributed by atoms with Gasteiger partial charge in [0.15, 0.2) is 0 Å². The van der Waals surface area contributed by atoms with Crippen molar-refractivity contribution in [3.8, 4) is 5.75 Å². The lowest BCUT2D eigenvalue weighted by Crippen LogP contribution is -2.48. The van der Waals surface area contributed by atoms with Crippen molar-refractivity contribution in [3.05, 3.63) is 29.8 Å². The van der Waals surface area contributed by atoms with Gasteiger partial charge in [-0.2, -0.15) is 0 Å². The van der Waals surface area contributed by atoms with E-state index in [1.54, 1.807) is 7.11 Å². The molecule has 2 unspecified atom stereocenters. The normalized spacial score (nSPS) is 22.2. The van der Waals surface area contributed by atoms with E-state index < -0.39 is 0 Å². The van der Waals surface area contributed by atoms with Crippen molar-refractivity contribution in [1.82, 2.24) is 4.90 Å². The third-order valence-corrected chi connectivity index (χ3v) is 4.53. The third-order valence-electron chi connectivity index (χ3n) is 4.53. The summed E-state index contributed by atoms with van der Waals surface area (Å²) in [6.45, 7) is 9.25. The second-order valence-corrected chi connectivity index (χ2v) is 6.78. The monoisotopic (exact) mass is 276 g/mol. The van der Waals surface area contributed by atoms with Crippen LogP contribution in [0, 0.1) is 5.41 Å². The first kappa shape index (κ1) is 15.3. The highest BCUT2D eigenvalue weighted by Crippen LogP contribution is 2.31. The second-order valence-electron chi connectivity index (χ2n) is 6.78. The van der Waals surface area contributed by atoms with E-state index >= 15 is 0 Å². The highest BCUT2D eigenvalue weighted by molar-refractivity contribution is 5.29. The molecule has 2 atom stereocenters. The standard InChI is InChI=1S/C17H28N2O/c1-13(19-11-5-10-17(2,3)12-19)16(18)14-6-8-15(20-4)9-7-14/h6-9,13,16H,5,10-12,18H2,1-4H3. The summed E-state index contributed by atoms with van der Waals surface area (Å²) >= 11 is 0. The van der Waals surface area contributed by atoms with E-state index in [9.17, 15) is 0 Å². The minimum atomic E-state index is 0.0507. The van der Waals surface area contributed by atoms with Crippen LogP contribution in [0.4, 0.5) is 0 Å². The Bertz CT molecular complexity index is 427. The molecule has 1 aromatic carbocycles. The first-order valence-electron chi connectivity index (χ1n) is 7.56. The van der Waals surface area contributed by atoms with Crippen LogP contribution in [0.15, 0.2) is 24.3 Å². The van der Waals surface area contributed by atoms with E-state index in [-0.39, 0.29) is 6.04 Å². The molecule has 1 aliphatic heterocycles. The lowest BCUT2D eigenvalue weighted by molar-refractivity contribution is 0.0741. The molecule has 2 rings (SSSR count). The molecule has 3 nitrogen and oxygen atoms in total. The van der Waals surface area contributed by atoms with Gasteiger partial charge in [0.2, 0.25) is 0 Å². The number of methoxy groups -OCH3 is 1. The number of piperidine rings is 1. The van der Waals surface area contributed by atoms with Gasteiger partial charge < -0.3 is 10.5 Å². The van der Waals surface area contributed by atoms with Crippen molar-refractivity contribution in [2.24, 2.45) is 11.1 Å². The Morgan fingerprint density at radius 3 is 2.45 bits per heavy atom. The topological polar surface area (TPSA) is 38.5 Å². The molecule has 0 amide bonds. The number of benzene rings is 1. The van der Waals surface area contributed by atoms with Gasteiger partial charge in [0.25, 0.3) is 0 Å². The van der Waals surface area contributed by atoms with E-state index in [0.29, 0.717) is 11.5 Å². The van der Waals surface area contributed by atoms with Crippen LogP contribution in [0.3, 0.4) is 0 Å². The molecule has 0 saturated carbocycles. The maximum absolute atomic E-state index is 6.47. The van der Waals surface area contributed by atoms with Gasteiger partial charge in [-0.05, 0) is 49.4 Å². The van der Waals surface area contributed by atoms with Crippen LogP contribution < -0.4 is 10.5 Å². The number of nitrogens with zero attached hydrogens (tertiary/aromatic N) is 1. The Morgan fingerprint density at radius 1 is 1.25 bits per heavy atom. The maximum atomic E-state index is 6.47. The fourth-order valence-electron chi connectivity index (χ4n) is 3.15. The molecule has 0 aromatic heterocycles. The third kappa shape index (κ3) is 3.53. The minimum Gasteiger partial charge on any atom is -0.497 e. The van der Waals surface area contributed by atoms with Crippen molar-refractivity contribution in [2.75, 3.05) is 20.2 Å². The van der Waals surface area contributed by atoms with E-state index in [0.717, 1.165) is 18.8 Å². The Morgan fingerprint density at radius 2 is 1.90 bits per heavy atom. The van der Waals surface area contributed by atoms with Crippen molar-refractivity contribution in [2.45, 2.75) is 45.7 Å². The van der Waals surface area contributed by atoms with Gasteiger partial charge in [0.1, 0.15) is 5.75 Å². The molecule has 1 fully saturated rings. The molecule has 0 radical (unpaired) electrons. The van der Waals surface area contributed by atoms with Crippen LogP contribution in [-0.4, -0.2) is 31.1 Å². The van der Waals surface area contributed by atoms with Crippen molar-refractivity contribution < 1.29 is 4.74 Å². The smallest absolute Gasteiger partial charge is 0.118 e. The molecule has 1 heterocycles. The number of hydrogen-bond acceptors (Lipinski definition) is 3. The number of rotatable bonds is 4. The van der Waals surface area contributed by atoms with Crippen LogP contribution in [0.2, 0.25) is 0 Å². The first-order valence-corrected chi connectivity index (χ1v) is 7.56. The molecule has 0 spiro atoms. The maximum Gasteiger partial charge on any atom is 0.118 e. The molecule has 1 aliphatic rings.